The number of fused-ring (bicyclic) bond motifs is 8. The Bertz CT molecular complexity index is 1850. The van der Waals surface area contributed by atoms with Crippen LogP contribution in [0.3, 0.4) is 0 Å². The van der Waals surface area contributed by atoms with Crippen molar-refractivity contribution >= 4 is 23.1 Å². The number of aromatic nitrogens is 1. The van der Waals surface area contributed by atoms with Crippen LogP contribution in [0, 0.1) is 23.7 Å². The van der Waals surface area contributed by atoms with Crippen LogP contribution in [-0.4, -0.2) is 4.98 Å². The minimum atomic E-state index is -3.05. The van der Waals surface area contributed by atoms with Crippen molar-refractivity contribution in [2.45, 2.75) is 43.9 Å². The topological polar surface area (TPSA) is 30.0 Å². The molecule has 43 heavy (non-hydrogen) atoms. The zero-order valence-electron chi connectivity index (χ0n) is 24.4. The Kier molecular flexibility index (Phi) is 5.76. The molecule has 1 spiro atoms. The lowest BCUT2D eigenvalue weighted by Crippen LogP contribution is -2.50. The standard InChI is InChI=1S/C40H36NOP/c42-43(33-9-3-1-4-10-33,34-11-5-2-6-12-34)35-13-7-8-28(23-35)29-16-17-36-37-26-41-19-18-38(37)40(39(36)24-29)25-30-15-14-27-20-31(30)22-32(40)21-27/h1-13,16-19,23-24,26-27,30-32H,14-15,20-22,25H2. The van der Waals surface area contributed by atoms with E-state index >= 15 is 4.57 Å². The predicted octanol–water partition coefficient (Wildman–Crippen LogP) is 8.50. The minimum absolute atomic E-state index is 0.0881. The molecule has 1 heterocycles. The number of nitrogens with zero attached hydrogens (tertiary/aromatic N) is 1. The number of hydrogen-bond acceptors (Lipinski definition) is 2. The molecule has 3 fully saturated rings. The number of hydrogen-bond donors (Lipinski definition) is 0. The summed E-state index contributed by atoms with van der Waals surface area (Å²) >= 11 is 0. The molecule has 3 bridgehead atoms. The average molecular weight is 578 g/mol. The van der Waals surface area contributed by atoms with Gasteiger partial charge in [-0.25, -0.2) is 0 Å². The highest BCUT2D eigenvalue weighted by molar-refractivity contribution is 7.85. The van der Waals surface area contributed by atoms with Gasteiger partial charge >= 0.3 is 0 Å². The largest absolute Gasteiger partial charge is 0.309 e. The Morgan fingerprint density at radius 2 is 1.37 bits per heavy atom. The molecule has 4 aromatic carbocycles. The van der Waals surface area contributed by atoms with Gasteiger partial charge in [-0.2, -0.15) is 0 Å². The first-order valence-electron chi connectivity index (χ1n) is 16.1. The van der Waals surface area contributed by atoms with Crippen LogP contribution in [0.15, 0.2) is 122 Å². The normalized spacial score (nSPS) is 26.7. The van der Waals surface area contributed by atoms with Crippen LogP contribution >= 0.6 is 7.14 Å². The molecule has 1 aromatic heterocycles. The summed E-state index contributed by atoms with van der Waals surface area (Å²) in [6.45, 7) is 0. The van der Waals surface area contributed by atoms with Crippen LogP contribution in [0.5, 0.6) is 0 Å². The van der Waals surface area contributed by atoms with Crippen LogP contribution < -0.4 is 15.9 Å². The highest BCUT2D eigenvalue weighted by Gasteiger charge is 2.57. The molecule has 5 atom stereocenters. The van der Waals surface area contributed by atoms with E-state index in [1.807, 2.05) is 66.9 Å². The first-order chi connectivity index (χ1) is 21.1. The molecule has 4 aliphatic rings. The summed E-state index contributed by atoms with van der Waals surface area (Å²) in [5.74, 6) is 3.35. The second kappa shape index (κ2) is 9.63. The molecule has 0 saturated heterocycles. The summed E-state index contributed by atoms with van der Waals surface area (Å²) in [5.41, 5.74) is 8.20. The summed E-state index contributed by atoms with van der Waals surface area (Å²) in [7, 11) is -3.05. The molecule has 9 rings (SSSR count). The van der Waals surface area contributed by atoms with Gasteiger partial charge in [0.15, 0.2) is 7.14 Å². The number of benzene rings is 4. The summed E-state index contributed by atoms with van der Waals surface area (Å²) in [5, 5.41) is 2.63. The summed E-state index contributed by atoms with van der Waals surface area (Å²) < 4.78 is 15.2. The molecule has 3 heteroatoms. The lowest BCUT2D eigenvalue weighted by atomic mass is 9.47. The highest BCUT2D eigenvalue weighted by Crippen LogP contribution is 2.66. The van der Waals surface area contributed by atoms with Gasteiger partial charge in [0, 0.05) is 39.3 Å². The van der Waals surface area contributed by atoms with Gasteiger partial charge in [-0.05, 0) is 102 Å². The first kappa shape index (κ1) is 25.7. The fraction of sp³-hybridized carbons (Fsp3) is 0.275. The van der Waals surface area contributed by atoms with Crippen molar-refractivity contribution in [3.05, 3.63) is 133 Å². The average Bonchev–Trinajstić information content (AvgIpc) is 3.35. The van der Waals surface area contributed by atoms with Crippen molar-refractivity contribution in [2.24, 2.45) is 23.7 Å². The summed E-state index contributed by atoms with van der Waals surface area (Å²) in [6, 6.07) is 38.0. The van der Waals surface area contributed by atoms with E-state index < -0.39 is 7.14 Å². The third-order valence-corrected chi connectivity index (χ3v) is 14.7. The Hall–Kier alpha value is -3.74. The maximum absolute atomic E-state index is 15.2. The molecule has 212 valence electrons. The third kappa shape index (κ3) is 3.72. The molecule has 0 N–H and O–H groups in total. The second-order valence-corrected chi connectivity index (χ2v) is 16.3. The molecule has 0 amide bonds. The van der Waals surface area contributed by atoms with Crippen molar-refractivity contribution in [1.82, 2.24) is 4.98 Å². The maximum atomic E-state index is 15.2. The smallest absolute Gasteiger partial charge is 0.171 e. The SMILES string of the molecule is O=P(c1ccccc1)(c1ccccc1)c1cccc(-c2ccc3c(c2)C2(CC4CCC5CC4CC2C5)c2ccncc2-3)c1. The van der Waals surface area contributed by atoms with Gasteiger partial charge < -0.3 is 4.57 Å². The van der Waals surface area contributed by atoms with E-state index in [0.29, 0.717) is 5.92 Å². The van der Waals surface area contributed by atoms with Gasteiger partial charge in [0.25, 0.3) is 0 Å². The van der Waals surface area contributed by atoms with Crippen LogP contribution in [-0.2, 0) is 9.98 Å². The quantitative estimate of drug-likeness (QED) is 0.201. The van der Waals surface area contributed by atoms with Crippen LogP contribution in [0.1, 0.15) is 49.7 Å². The summed E-state index contributed by atoms with van der Waals surface area (Å²) in [6.07, 6.45) is 12.4. The molecular formula is C40H36NOP. The Morgan fingerprint density at radius 3 is 2.16 bits per heavy atom. The number of rotatable bonds is 4. The van der Waals surface area contributed by atoms with Crippen molar-refractivity contribution < 1.29 is 4.57 Å². The Labute approximate surface area is 254 Å². The molecular weight excluding hydrogens is 541 g/mol. The molecule has 0 aliphatic heterocycles. The van der Waals surface area contributed by atoms with Crippen molar-refractivity contribution in [1.29, 1.82) is 0 Å². The maximum Gasteiger partial charge on any atom is 0.171 e. The zero-order chi connectivity index (χ0) is 28.6. The van der Waals surface area contributed by atoms with Crippen molar-refractivity contribution in [3.8, 4) is 22.3 Å². The van der Waals surface area contributed by atoms with E-state index in [4.69, 9.17) is 0 Å². The van der Waals surface area contributed by atoms with Crippen molar-refractivity contribution in [2.75, 3.05) is 0 Å². The van der Waals surface area contributed by atoms with E-state index in [-0.39, 0.29) is 5.41 Å². The van der Waals surface area contributed by atoms with Gasteiger partial charge in [0.05, 0.1) is 0 Å². The van der Waals surface area contributed by atoms with Gasteiger partial charge in [-0.3, -0.25) is 4.98 Å². The molecule has 5 unspecified atom stereocenters. The predicted molar refractivity (Wildman–Crippen MR) is 177 cm³/mol. The second-order valence-electron chi connectivity index (χ2n) is 13.6. The van der Waals surface area contributed by atoms with Crippen LogP contribution in [0.25, 0.3) is 22.3 Å². The van der Waals surface area contributed by atoms with E-state index in [2.05, 4.69) is 59.7 Å². The molecule has 0 radical (unpaired) electrons. The van der Waals surface area contributed by atoms with Gasteiger partial charge in [0.1, 0.15) is 0 Å². The van der Waals surface area contributed by atoms with E-state index in [1.54, 1.807) is 0 Å². The number of pyridine rings is 1. The van der Waals surface area contributed by atoms with Crippen LogP contribution in [0.4, 0.5) is 0 Å². The lowest BCUT2D eigenvalue weighted by molar-refractivity contribution is -0.0103. The van der Waals surface area contributed by atoms with Gasteiger partial charge in [-0.15, -0.1) is 0 Å². The van der Waals surface area contributed by atoms with E-state index in [0.717, 1.165) is 39.2 Å². The van der Waals surface area contributed by atoms with E-state index in [9.17, 15) is 0 Å². The fourth-order valence-corrected chi connectivity index (χ4v) is 12.5. The third-order valence-electron chi connectivity index (χ3n) is 11.6. The summed E-state index contributed by atoms with van der Waals surface area (Å²) in [4.78, 5) is 4.61. The molecule has 4 aliphatic carbocycles. The van der Waals surface area contributed by atoms with Crippen LogP contribution in [0.2, 0.25) is 0 Å². The molecule has 3 saturated carbocycles. The monoisotopic (exact) mass is 577 g/mol. The zero-order valence-corrected chi connectivity index (χ0v) is 25.3. The Balaban J connectivity index is 1.20. The minimum Gasteiger partial charge on any atom is -0.309 e. The lowest BCUT2D eigenvalue weighted by Gasteiger charge is -2.57. The molecule has 2 nitrogen and oxygen atoms in total. The first-order valence-corrected chi connectivity index (χ1v) is 17.8. The molecule has 5 aromatic rings. The van der Waals surface area contributed by atoms with E-state index in [1.165, 1.54) is 66.3 Å². The Morgan fingerprint density at radius 1 is 0.628 bits per heavy atom. The van der Waals surface area contributed by atoms with Crippen molar-refractivity contribution in [3.63, 3.8) is 0 Å². The highest BCUT2D eigenvalue weighted by atomic mass is 31.2. The van der Waals surface area contributed by atoms with Gasteiger partial charge in [0.2, 0.25) is 0 Å². The van der Waals surface area contributed by atoms with Gasteiger partial charge in [-0.1, -0.05) is 97.4 Å². The fourth-order valence-electron chi connectivity index (χ4n) is 9.78.